The van der Waals surface area contributed by atoms with Crippen molar-refractivity contribution in [1.29, 1.82) is 0 Å². The lowest BCUT2D eigenvalue weighted by Crippen LogP contribution is -2.23. The van der Waals surface area contributed by atoms with Gasteiger partial charge in [0.15, 0.2) is 0 Å². The van der Waals surface area contributed by atoms with Crippen LogP contribution in [0.2, 0.25) is 0 Å². The highest BCUT2D eigenvalue weighted by Crippen LogP contribution is 2.25. The van der Waals surface area contributed by atoms with Crippen LogP contribution in [0.4, 0.5) is 0 Å². The van der Waals surface area contributed by atoms with Gasteiger partial charge in [0.2, 0.25) is 10.0 Å². The minimum absolute atomic E-state index is 0.189. The maximum absolute atomic E-state index is 11.3. The van der Waals surface area contributed by atoms with Crippen LogP contribution >= 0.6 is 0 Å². The van der Waals surface area contributed by atoms with E-state index in [0.29, 0.717) is 6.54 Å². The van der Waals surface area contributed by atoms with Gasteiger partial charge in [-0.25, -0.2) is 13.2 Å². The lowest BCUT2D eigenvalue weighted by atomic mass is 10.1. The number of fused-ring (bicyclic) bond motifs is 1. The molecule has 0 radical (unpaired) electrons. The summed E-state index contributed by atoms with van der Waals surface area (Å²) in [4.78, 5) is 10.7. The van der Waals surface area contributed by atoms with E-state index in [9.17, 15) is 13.2 Å². The second-order valence-electron chi connectivity index (χ2n) is 3.82. The Hall–Kier alpha value is -1.40. The van der Waals surface area contributed by atoms with Gasteiger partial charge in [0.05, 0.1) is 11.8 Å². The van der Waals surface area contributed by atoms with E-state index in [1.807, 2.05) is 0 Å². The third-order valence-electron chi connectivity index (χ3n) is 2.62. The molecule has 0 aliphatic carbocycles. The Balaban J connectivity index is 2.35. The SMILES string of the molecule is CS(=O)(=O)N1Cc2ccc(C(=O)O)cc2C1. The van der Waals surface area contributed by atoms with Gasteiger partial charge in [-0.2, -0.15) is 4.31 Å². The van der Waals surface area contributed by atoms with Crippen LogP contribution in [-0.4, -0.2) is 30.1 Å². The summed E-state index contributed by atoms with van der Waals surface area (Å²) in [5, 5.41) is 8.81. The molecule has 1 aromatic carbocycles. The van der Waals surface area contributed by atoms with Crippen LogP contribution in [0.25, 0.3) is 0 Å². The van der Waals surface area contributed by atoms with Gasteiger partial charge in [0, 0.05) is 13.1 Å². The van der Waals surface area contributed by atoms with Gasteiger partial charge in [-0.3, -0.25) is 0 Å². The molecule has 1 aromatic rings. The van der Waals surface area contributed by atoms with Crippen molar-refractivity contribution in [2.24, 2.45) is 0 Å². The zero-order chi connectivity index (χ0) is 11.9. The highest BCUT2D eigenvalue weighted by molar-refractivity contribution is 7.88. The number of carboxylic acids is 1. The number of carboxylic acid groups (broad SMARTS) is 1. The molecule has 0 bridgehead atoms. The molecular formula is C10H11NO4S. The first-order valence-electron chi connectivity index (χ1n) is 4.68. The van der Waals surface area contributed by atoms with Gasteiger partial charge in [-0.15, -0.1) is 0 Å². The van der Waals surface area contributed by atoms with Crippen molar-refractivity contribution in [2.45, 2.75) is 13.1 Å². The summed E-state index contributed by atoms with van der Waals surface area (Å²) in [5.41, 5.74) is 1.83. The Labute approximate surface area is 93.4 Å². The fourth-order valence-electron chi connectivity index (χ4n) is 1.73. The van der Waals surface area contributed by atoms with Crippen molar-refractivity contribution in [3.05, 3.63) is 34.9 Å². The van der Waals surface area contributed by atoms with E-state index < -0.39 is 16.0 Å². The number of hydrogen-bond donors (Lipinski definition) is 1. The van der Waals surface area contributed by atoms with Gasteiger partial charge >= 0.3 is 5.97 Å². The van der Waals surface area contributed by atoms with Crippen LogP contribution in [0.15, 0.2) is 18.2 Å². The molecule has 6 heteroatoms. The first-order chi connectivity index (χ1) is 7.38. The number of hydrogen-bond acceptors (Lipinski definition) is 3. The molecule has 16 heavy (non-hydrogen) atoms. The molecule has 1 aliphatic rings. The largest absolute Gasteiger partial charge is 0.478 e. The van der Waals surface area contributed by atoms with Gasteiger partial charge in [0.25, 0.3) is 0 Å². The lowest BCUT2D eigenvalue weighted by molar-refractivity contribution is 0.0697. The third kappa shape index (κ3) is 1.94. The number of rotatable bonds is 2. The number of sulfonamides is 1. The standard InChI is InChI=1S/C10H11NO4S/c1-16(14,15)11-5-8-3-2-7(10(12)13)4-9(8)6-11/h2-4H,5-6H2,1H3,(H,12,13). The summed E-state index contributed by atoms with van der Waals surface area (Å²) < 4.78 is 24.0. The Morgan fingerprint density at radius 2 is 1.94 bits per heavy atom. The Kier molecular flexibility index (Phi) is 2.47. The molecule has 1 N–H and O–H groups in total. The highest BCUT2D eigenvalue weighted by Gasteiger charge is 2.26. The van der Waals surface area contributed by atoms with Gasteiger partial charge in [-0.1, -0.05) is 6.07 Å². The van der Waals surface area contributed by atoms with E-state index in [1.54, 1.807) is 6.07 Å². The molecule has 1 aliphatic heterocycles. The average molecular weight is 241 g/mol. The number of aromatic carboxylic acids is 1. The minimum atomic E-state index is -3.22. The van der Waals surface area contributed by atoms with Crippen molar-refractivity contribution in [3.63, 3.8) is 0 Å². The second kappa shape index (κ2) is 3.57. The quantitative estimate of drug-likeness (QED) is 0.825. The van der Waals surface area contributed by atoms with Crippen LogP contribution < -0.4 is 0 Å². The first kappa shape index (κ1) is 11.1. The molecular weight excluding hydrogens is 230 g/mol. The first-order valence-corrected chi connectivity index (χ1v) is 6.53. The van der Waals surface area contributed by atoms with Gasteiger partial charge in [0.1, 0.15) is 0 Å². The molecule has 0 saturated heterocycles. The van der Waals surface area contributed by atoms with E-state index in [1.165, 1.54) is 16.4 Å². The molecule has 0 fully saturated rings. The van der Waals surface area contributed by atoms with E-state index in [-0.39, 0.29) is 12.1 Å². The summed E-state index contributed by atoms with van der Waals surface area (Å²) in [6.07, 6.45) is 1.15. The maximum atomic E-state index is 11.3. The number of benzene rings is 1. The van der Waals surface area contributed by atoms with Crippen LogP contribution in [0.5, 0.6) is 0 Å². The summed E-state index contributed by atoms with van der Waals surface area (Å²) >= 11 is 0. The van der Waals surface area contributed by atoms with E-state index >= 15 is 0 Å². The van der Waals surface area contributed by atoms with Crippen molar-refractivity contribution < 1.29 is 18.3 Å². The molecule has 2 rings (SSSR count). The normalized spacial score (nSPS) is 16.1. The summed E-state index contributed by atoms with van der Waals surface area (Å²) in [6.45, 7) is 0.587. The van der Waals surface area contributed by atoms with E-state index in [0.717, 1.165) is 17.4 Å². The Morgan fingerprint density at radius 1 is 1.31 bits per heavy atom. The molecule has 1 heterocycles. The highest BCUT2D eigenvalue weighted by atomic mass is 32.2. The molecule has 0 unspecified atom stereocenters. The van der Waals surface area contributed by atoms with E-state index in [4.69, 9.17) is 5.11 Å². The van der Waals surface area contributed by atoms with Gasteiger partial charge in [-0.05, 0) is 23.3 Å². The fourth-order valence-corrected chi connectivity index (χ4v) is 2.48. The zero-order valence-corrected chi connectivity index (χ0v) is 9.49. The predicted octanol–water partition coefficient (Wildman–Crippen LogP) is 0.660. The number of nitrogens with zero attached hydrogens (tertiary/aromatic N) is 1. The zero-order valence-electron chi connectivity index (χ0n) is 8.67. The van der Waals surface area contributed by atoms with Crippen molar-refractivity contribution >= 4 is 16.0 Å². The van der Waals surface area contributed by atoms with Crippen LogP contribution in [0.3, 0.4) is 0 Å². The van der Waals surface area contributed by atoms with Crippen LogP contribution in [-0.2, 0) is 23.1 Å². The summed E-state index contributed by atoms with van der Waals surface area (Å²) in [6, 6.07) is 4.69. The monoisotopic (exact) mass is 241 g/mol. The van der Waals surface area contributed by atoms with Gasteiger partial charge < -0.3 is 5.11 Å². The number of carbonyl (C=O) groups is 1. The minimum Gasteiger partial charge on any atom is -0.478 e. The van der Waals surface area contributed by atoms with Crippen LogP contribution in [0, 0.1) is 0 Å². The Bertz CT molecular complexity index is 550. The summed E-state index contributed by atoms with van der Waals surface area (Å²) in [5.74, 6) is -0.999. The fraction of sp³-hybridized carbons (Fsp3) is 0.300. The molecule has 86 valence electrons. The Morgan fingerprint density at radius 3 is 2.50 bits per heavy atom. The third-order valence-corrected chi connectivity index (χ3v) is 3.81. The maximum Gasteiger partial charge on any atom is 0.335 e. The molecule has 0 aromatic heterocycles. The molecule has 0 amide bonds. The predicted molar refractivity (Wildman–Crippen MR) is 57.5 cm³/mol. The molecule has 0 saturated carbocycles. The molecule has 0 spiro atoms. The smallest absolute Gasteiger partial charge is 0.335 e. The summed E-state index contributed by atoms with van der Waals surface area (Å²) in [7, 11) is -3.22. The lowest BCUT2D eigenvalue weighted by Gasteiger charge is -2.10. The van der Waals surface area contributed by atoms with Crippen molar-refractivity contribution in [3.8, 4) is 0 Å². The topological polar surface area (TPSA) is 74.7 Å². The average Bonchev–Trinajstić information content (AvgIpc) is 2.58. The van der Waals surface area contributed by atoms with E-state index in [2.05, 4.69) is 0 Å². The second-order valence-corrected chi connectivity index (χ2v) is 5.80. The van der Waals surface area contributed by atoms with Crippen molar-refractivity contribution in [1.82, 2.24) is 4.31 Å². The molecule has 0 atom stereocenters. The van der Waals surface area contributed by atoms with Crippen molar-refractivity contribution in [2.75, 3.05) is 6.26 Å². The molecule has 5 nitrogen and oxygen atoms in total. The van der Waals surface area contributed by atoms with Crippen LogP contribution in [0.1, 0.15) is 21.5 Å².